The SMILES string of the molecule is O=C(CSCC(O)CO)N1CCCC2CCCCC21. The van der Waals surface area contributed by atoms with E-state index >= 15 is 0 Å². The number of thioether (sulfide) groups is 1. The van der Waals surface area contributed by atoms with Gasteiger partial charge in [0.2, 0.25) is 5.91 Å². The number of nitrogens with zero attached hydrogens (tertiary/aromatic N) is 1. The highest BCUT2D eigenvalue weighted by Crippen LogP contribution is 2.35. The first-order valence-corrected chi connectivity index (χ1v) is 8.54. The maximum atomic E-state index is 12.3. The lowest BCUT2D eigenvalue weighted by atomic mass is 9.78. The van der Waals surface area contributed by atoms with Crippen molar-refractivity contribution in [3.63, 3.8) is 0 Å². The summed E-state index contributed by atoms with van der Waals surface area (Å²) in [4.78, 5) is 14.4. The van der Waals surface area contributed by atoms with Gasteiger partial charge in [0.25, 0.3) is 0 Å². The van der Waals surface area contributed by atoms with Gasteiger partial charge in [-0.25, -0.2) is 0 Å². The molecule has 3 atom stereocenters. The van der Waals surface area contributed by atoms with Gasteiger partial charge in [-0.3, -0.25) is 4.79 Å². The Labute approximate surface area is 119 Å². The van der Waals surface area contributed by atoms with Crippen LogP contribution >= 0.6 is 11.8 Å². The van der Waals surface area contributed by atoms with Crippen LogP contribution in [0, 0.1) is 5.92 Å². The Balaban J connectivity index is 1.80. The topological polar surface area (TPSA) is 60.8 Å². The molecule has 19 heavy (non-hydrogen) atoms. The number of likely N-dealkylation sites (tertiary alicyclic amines) is 1. The minimum absolute atomic E-state index is 0.215. The Morgan fingerprint density at radius 2 is 2.00 bits per heavy atom. The van der Waals surface area contributed by atoms with Gasteiger partial charge in [-0.05, 0) is 31.6 Å². The first kappa shape index (κ1) is 15.1. The molecule has 0 aromatic heterocycles. The molecule has 1 heterocycles. The van der Waals surface area contributed by atoms with E-state index < -0.39 is 6.10 Å². The molecule has 0 bridgehead atoms. The van der Waals surface area contributed by atoms with Gasteiger partial charge in [0, 0.05) is 18.3 Å². The molecule has 2 fully saturated rings. The number of fused-ring (bicyclic) bond motifs is 1. The van der Waals surface area contributed by atoms with Crippen LogP contribution < -0.4 is 0 Å². The van der Waals surface area contributed by atoms with Crippen molar-refractivity contribution < 1.29 is 15.0 Å². The third-order valence-corrected chi connectivity index (χ3v) is 5.38. The van der Waals surface area contributed by atoms with E-state index in [-0.39, 0.29) is 12.5 Å². The molecule has 5 heteroatoms. The van der Waals surface area contributed by atoms with Crippen molar-refractivity contribution in [1.29, 1.82) is 0 Å². The van der Waals surface area contributed by atoms with Gasteiger partial charge in [-0.2, -0.15) is 0 Å². The number of carbonyl (C=O) groups excluding carboxylic acids is 1. The smallest absolute Gasteiger partial charge is 0.232 e. The largest absolute Gasteiger partial charge is 0.394 e. The van der Waals surface area contributed by atoms with E-state index in [1.807, 2.05) is 0 Å². The average Bonchev–Trinajstić information content (AvgIpc) is 2.46. The van der Waals surface area contributed by atoms with Gasteiger partial charge in [0.05, 0.1) is 18.5 Å². The summed E-state index contributed by atoms with van der Waals surface area (Å²) in [6, 6.07) is 0.471. The van der Waals surface area contributed by atoms with Crippen LogP contribution in [0.1, 0.15) is 38.5 Å². The van der Waals surface area contributed by atoms with Gasteiger partial charge < -0.3 is 15.1 Å². The summed E-state index contributed by atoms with van der Waals surface area (Å²) >= 11 is 1.43. The molecule has 4 nitrogen and oxygen atoms in total. The second-order valence-electron chi connectivity index (χ2n) is 5.69. The van der Waals surface area contributed by atoms with Gasteiger partial charge in [-0.15, -0.1) is 11.8 Å². The highest BCUT2D eigenvalue weighted by Gasteiger charge is 2.35. The van der Waals surface area contributed by atoms with Crippen LogP contribution in [0.2, 0.25) is 0 Å². The maximum Gasteiger partial charge on any atom is 0.232 e. The Kier molecular flexibility index (Phi) is 5.98. The van der Waals surface area contributed by atoms with E-state index in [2.05, 4.69) is 4.90 Å². The lowest BCUT2D eigenvalue weighted by molar-refractivity contribution is -0.134. The van der Waals surface area contributed by atoms with E-state index in [1.54, 1.807) is 0 Å². The fourth-order valence-electron chi connectivity index (χ4n) is 3.35. The summed E-state index contributed by atoms with van der Waals surface area (Å²) < 4.78 is 0. The standard InChI is InChI=1S/C14H25NO3S/c16-8-12(17)9-19-10-14(18)15-7-3-5-11-4-1-2-6-13(11)15/h11-13,16-17H,1-10H2. The molecule has 2 N–H and O–H groups in total. The van der Waals surface area contributed by atoms with Crippen molar-refractivity contribution in [2.24, 2.45) is 5.92 Å². The zero-order chi connectivity index (χ0) is 13.7. The fraction of sp³-hybridized carbons (Fsp3) is 0.929. The number of piperidine rings is 1. The van der Waals surface area contributed by atoms with Crippen LogP contribution in [0.4, 0.5) is 0 Å². The van der Waals surface area contributed by atoms with Crippen molar-refractivity contribution in [3.8, 4) is 0 Å². The second-order valence-corrected chi connectivity index (χ2v) is 6.72. The first-order chi connectivity index (χ1) is 9.22. The summed E-state index contributed by atoms with van der Waals surface area (Å²) in [5.41, 5.74) is 0. The van der Waals surface area contributed by atoms with Crippen molar-refractivity contribution in [2.75, 3.05) is 24.7 Å². The third kappa shape index (κ3) is 4.10. The molecule has 3 unspecified atom stereocenters. The van der Waals surface area contributed by atoms with Crippen molar-refractivity contribution in [1.82, 2.24) is 4.90 Å². The normalized spacial score (nSPS) is 28.8. The van der Waals surface area contributed by atoms with Crippen LogP contribution in [0.25, 0.3) is 0 Å². The quantitative estimate of drug-likeness (QED) is 0.799. The van der Waals surface area contributed by atoms with Crippen LogP contribution in [-0.4, -0.2) is 57.8 Å². The lowest BCUT2D eigenvalue weighted by Gasteiger charge is -2.44. The number of hydrogen-bond acceptors (Lipinski definition) is 4. The molecule has 1 saturated carbocycles. The molecule has 1 aliphatic carbocycles. The number of aliphatic hydroxyl groups excluding tert-OH is 2. The van der Waals surface area contributed by atoms with Crippen LogP contribution in [0.3, 0.4) is 0 Å². The lowest BCUT2D eigenvalue weighted by Crippen LogP contribution is -2.50. The fourth-order valence-corrected chi connectivity index (χ4v) is 4.19. The summed E-state index contributed by atoms with van der Waals surface area (Å²) in [5, 5.41) is 18.0. The Hall–Kier alpha value is -0.260. The number of aliphatic hydroxyl groups is 2. The molecule has 110 valence electrons. The van der Waals surface area contributed by atoms with E-state index in [1.165, 1.54) is 43.9 Å². The highest BCUT2D eigenvalue weighted by molar-refractivity contribution is 7.99. The number of carbonyl (C=O) groups is 1. The van der Waals surface area contributed by atoms with E-state index in [0.29, 0.717) is 17.5 Å². The van der Waals surface area contributed by atoms with Gasteiger partial charge in [0.1, 0.15) is 0 Å². The summed E-state index contributed by atoms with van der Waals surface area (Å²) in [6.45, 7) is 0.679. The van der Waals surface area contributed by atoms with Crippen molar-refractivity contribution in [2.45, 2.75) is 50.7 Å². The summed E-state index contributed by atoms with van der Waals surface area (Å²) in [7, 11) is 0. The number of hydrogen-bond donors (Lipinski definition) is 2. The average molecular weight is 287 g/mol. The molecule has 0 aromatic carbocycles. The molecular formula is C14H25NO3S. The zero-order valence-electron chi connectivity index (χ0n) is 11.5. The Morgan fingerprint density at radius 3 is 2.79 bits per heavy atom. The van der Waals surface area contributed by atoms with Crippen molar-refractivity contribution in [3.05, 3.63) is 0 Å². The minimum atomic E-state index is -0.707. The van der Waals surface area contributed by atoms with E-state index in [9.17, 15) is 9.90 Å². The molecule has 2 rings (SSSR count). The van der Waals surface area contributed by atoms with Crippen LogP contribution in [0.15, 0.2) is 0 Å². The van der Waals surface area contributed by atoms with Gasteiger partial charge in [-0.1, -0.05) is 12.8 Å². The zero-order valence-corrected chi connectivity index (χ0v) is 12.3. The number of amides is 1. The van der Waals surface area contributed by atoms with Crippen molar-refractivity contribution >= 4 is 17.7 Å². The Morgan fingerprint density at radius 1 is 1.26 bits per heavy atom. The minimum Gasteiger partial charge on any atom is -0.394 e. The highest BCUT2D eigenvalue weighted by atomic mass is 32.2. The molecule has 2 aliphatic rings. The van der Waals surface area contributed by atoms with E-state index in [0.717, 1.165) is 18.9 Å². The van der Waals surface area contributed by atoms with Gasteiger partial charge >= 0.3 is 0 Å². The second kappa shape index (κ2) is 7.50. The monoisotopic (exact) mass is 287 g/mol. The predicted molar refractivity (Wildman–Crippen MR) is 77.1 cm³/mol. The Bertz CT molecular complexity index is 298. The van der Waals surface area contributed by atoms with E-state index in [4.69, 9.17) is 5.11 Å². The van der Waals surface area contributed by atoms with Crippen LogP contribution in [0.5, 0.6) is 0 Å². The molecule has 1 saturated heterocycles. The molecular weight excluding hydrogens is 262 g/mol. The third-order valence-electron chi connectivity index (χ3n) is 4.31. The van der Waals surface area contributed by atoms with Crippen LogP contribution in [-0.2, 0) is 4.79 Å². The number of rotatable bonds is 5. The molecule has 0 spiro atoms. The maximum absolute atomic E-state index is 12.3. The van der Waals surface area contributed by atoms with Gasteiger partial charge in [0.15, 0.2) is 0 Å². The summed E-state index contributed by atoms with van der Waals surface area (Å²) in [6.07, 6.45) is 6.73. The summed E-state index contributed by atoms with van der Waals surface area (Å²) in [5.74, 6) is 1.80. The molecule has 0 aromatic rings. The first-order valence-electron chi connectivity index (χ1n) is 7.38. The molecule has 0 radical (unpaired) electrons. The molecule has 1 amide bonds. The molecule has 1 aliphatic heterocycles. The predicted octanol–water partition coefficient (Wildman–Crippen LogP) is 1.25.